The maximum atomic E-state index is 12.7. The second kappa shape index (κ2) is 8.10. The minimum absolute atomic E-state index is 0.0255. The highest BCUT2D eigenvalue weighted by Gasteiger charge is 2.32. The molecule has 1 heterocycles. The van der Waals surface area contributed by atoms with Crippen LogP contribution in [0.3, 0.4) is 0 Å². The van der Waals surface area contributed by atoms with Crippen LogP contribution in [-0.4, -0.2) is 28.0 Å². The van der Waals surface area contributed by atoms with Gasteiger partial charge in [0.1, 0.15) is 5.69 Å². The summed E-state index contributed by atoms with van der Waals surface area (Å²) >= 11 is 0. The average molecular weight is 338 g/mol. The molecule has 1 aromatic heterocycles. The lowest BCUT2D eigenvalue weighted by Gasteiger charge is -2.20. The number of alkyl halides is 3. The average Bonchev–Trinajstić information content (AvgIpc) is 2.58. The Balaban J connectivity index is 2.10. The minimum atomic E-state index is -4.47. The molecule has 0 amide bonds. The molecule has 0 bridgehead atoms. The van der Waals surface area contributed by atoms with Gasteiger partial charge >= 0.3 is 6.18 Å². The summed E-state index contributed by atoms with van der Waals surface area (Å²) in [6.07, 6.45) is -3.36. The lowest BCUT2D eigenvalue weighted by atomic mass is 10.1. The van der Waals surface area contributed by atoms with Gasteiger partial charge in [0.2, 0.25) is 5.95 Å². The summed E-state index contributed by atoms with van der Waals surface area (Å²) in [4.78, 5) is 9.66. The van der Waals surface area contributed by atoms with Gasteiger partial charge in [-0.1, -0.05) is 38.1 Å². The van der Waals surface area contributed by atoms with Crippen LogP contribution < -0.4 is 5.32 Å². The van der Waals surface area contributed by atoms with Crippen LogP contribution in [0.25, 0.3) is 0 Å². The standard InChI is InChI=1S/C17H21F3N4/c1-3-24(4-2)12-14-8-6-5-7-13(14)11-22-16-21-10-9-15(23-16)17(18,19)20/h5-10H,3-4,11-12H2,1-2H3,(H,21,22,23). The van der Waals surface area contributed by atoms with Crippen LogP contribution in [0.5, 0.6) is 0 Å². The lowest BCUT2D eigenvalue weighted by molar-refractivity contribution is -0.141. The van der Waals surface area contributed by atoms with Crippen LogP contribution in [0.1, 0.15) is 30.7 Å². The molecule has 130 valence electrons. The molecule has 0 atom stereocenters. The number of nitrogens with one attached hydrogen (secondary N) is 1. The first-order valence-corrected chi connectivity index (χ1v) is 7.87. The van der Waals surface area contributed by atoms with E-state index in [1.54, 1.807) is 0 Å². The first-order chi connectivity index (χ1) is 11.4. The third-order valence-electron chi connectivity index (χ3n) is 3.79. The van der Waals surface area contributed by atoms with Crippen molar-refractivity contribution in [2.45, 2.75) is 33.1 Å². The fourth-order valence-corrected chi connectivity index (χ4v) is 2.35. The first-order valence-electron chi connectivity index (χ1n) is 7.87. The number of benzene rings is 1. The molecule has 0 aliphatic rings. The van der Waals surface area contributed by atoms with Crippen molar-refractivity contribution >= 4 is 5.95 Å². The molecule has 7 heteroatoms. The number of hydrogen-bond acceptors (Lipinski definition) is 4. The van der Waals surface area contributed by atoms with Crippen LogP contribution >= 0.6 is 0 Å². The summed E-state index contributed by atoms with van der Waals surface area (Å²) in [6, 6.07) is 8.72. The first kappa shape index (κ1) is 18.2. The molecule has 0 aliphatic carbocycles. The molecule has 2 aromatic rings. The van der Waals surface area contributed by atoms with Crippen molar-refractivity contribution in [1.29, 1.82) is 0 Å². The molecule has 4 nitrogen and oxygen atoms in total. The topological polar surface area (TPSA) is 41.0 Å². The highest BCUT2D eigenvalue weighted by molar-refractivity contribution is 5.33. The molecule has 0 radical (unpaired) electrons. The molecular formula is C17H21F3N4. The van der Waals surface area contributed by atoms with Crippen LogP contribution in [-0.2, 0) is 19.3 Å². The maximum absolute atomic E-state index is 12.7. The van der Waals surface area contributed by atoms with E-state index in [4.69, 9.17) is 0 Å². The SMILES string of the molecule is CCN(CC)Cc1ccccc1CNc1nccc(C(F)(F)F)n1. The summed E-state index contributed by atoms with van der Waals surface area (Å²) in [7, 11) is 0. The molecule has 0 aliphatic heterocycles. The van der Waals surface area contributed by atoms with E-state index < -0.39 is 11.9 Å². The Labute approximate surface area is 139 Å². The molecule has 0 fully saturated rings. The van der Waals surface area contributed by atoms with Gasteiger partial charge < -0.3 is 5.32 Å². The Hall–Kier alpha value is -2.15. The van der Waals surface area contributed by atoms with Crippen molar-refractivity contribution in [2.75, 3.05) is 18.4 Å². The molecular weight excluding hydrogens is 317 g/mol. The number of rotatable bonds is 7. The molecule has 2 rings (SSSR count). The summed E-state index contributed by atoms with van der Waals surface area (Å²) in [5.41, 5.74) is 1.21. The summed E-state index contributed by atoms with van der Waals surface area (Å²) in [5.74, 6) is -0.0255. The van der Waals surface area contributed by atoms with Gasteiger partial charge in [-0.05, 0) is 30.3 Å². The predicted octanol–water partition coefficient (Wildman–Crippen LogP) is 3.95. The molecule has 1 aromatic carbocycles. The van der Waals surface area contributed by atoms with Gasteiger partial charge in [-0.2, -0.15) is 13.2 Å². The smallest absolute Gasteiger partial charge is 0.350 e. The fourth-order valence-electron chi connectivity index (χ4n) is 2.35. The quantitative estimate of drug-likeness (QED) is 0.830. The maximum Gasteiger partial charge on any atom is 0.433 e. The van der Waals surface area contributed by atoms with Crippen molar-refractivity contribution < 1.29 is 13.2 Å². The van der Waals surface area contributed by atoms with E-state index in [1.165, 1.54) is 0 Å². The van der Waals surface area contributed by atoms with Crippen molar-refractivity contribution in [2.24, 2.45) is 0 Å². The van der Waals surface area contributed by atoms with E-state index in [0.29, 0.717) is 6.54 Å². The summed E-state index contributed by atoms with van der Waals surface area (Å²) < 4.78 is 38.1. The molecule has 0 spiro atoms. The van der Waals surface area contributed by atoms with Crippen molar-refractivity contribution in [3.63, 3.8) is 0 Å². The minimum Gasteiger partial charge on any atom is -0.350 e. The normalized spacial score (nSPS) is 11.8. The van der Waals surface area contributed by atoms with Crippen LogP contribution in [0.2, 0.25) is 0 Å². The Bertz CT molecular complexity index is 654. The van der Waals surface area contributed by atoms with E-state index in [0.717, 1.165) is 43.0 Å². The summed E-state index contributed by atoms with van der Waals surface area (Å²) in [6.45, 7) is 7.25. The number of aromatic nitrogens is 2. The van der Waals surface area contributed by atoms with Gasteiger partial charge in [-0.25, -0.2) is 9.97 Å². The monoisotopic (exact) mass is 338 g/mol. The van der Waals surface area contributed by atoms with Gasteiger partial charge in [0.15, 0.2) is 0 Å². The molecule has 0 saturated heterocycles. The molecule has 24 heavy (non-hydrogen) atoms. The fraction of sp³-hybridized carbons (Fsp3) is 0.412. The molecule has 1 N–H and O–H groups in total. The highest BCUT2D eigenvalue weighted by Crippen LogP contribution is 2.27. The van der Waals surface area contributed by atoms with Crippen LogP contribution in [0.4, 0.5) is 19.1 Å². The van der Waals surface area contributed by atoms with Crippen molar-refractivity contribution in [3.05, 3.63) is 53.3 Å². The Morgan fingerprint density at radius 3 is 2.33 bits per heavy atom. The van der Waals surface area contributed by atoms with Crippen LogP contribution in [0, 0.1) is 0 Å². The number of nitrogens with zero attached hydrogens (tertiary/aromatic N) is 3. The van der Waals surface area contributed by atoms with Gasteiger partial charge in [-0.15, -0.1) is 0 Å². The number of halogens is 3. The zero-order chi connectivity index (χ0) is 17.6. The summed E-state index contributed by atoms with van der Waals surface area (Å²) in [5, 5.41) is 2.88. The molecule has 0 unspecified atom stereocenters. The zero-order valence-electron chi connectivity index (χ0n) is 13.8. The predicted molar refractivity (Wildman–Crippen MR) is 87.4 cm³/mol. The van der Waals surface area contributed by atoms with Gasteiger partial charge in [-0.3, -0.25) is 4.90 Å². The van der Waals surface area contributed by atoms with Gasteiger partial charge in [0, 0.05) is 19.3 Å². The Kier molecular flexibility index (Phi) is 6.14. The Morgan fingerprint density at radius 2 is 1.71 bits per heavy atom. The van der Waals surface area contributed by atoms with Crippen LogP contribution in [0.15, 0.2) is 36.5 Å². The third kappa shape index (κ3) is 4.92. The third-order valence-corrected chi connectivity index (χ3v) is 3.79. The second-order valence-corrected chi connectivity index (χ2v) is 5.35. The van der Waals surface area contributed by atoms with E-state index in [1.807, 2.05) is 24.3 Å². The highest BCUT2D eigenvalue weighted by atomic mass is 19.4. The largest absolute Gasteiger partial charge is 0.433 e. The van der Waals surface area contributed by atoms with E-state index in [9.17, 15) is 13.2 Å². The lowest BCUT2D eigenvalue weighted by Crippen LogP contribution is -2.23. The Morgan fingerprint density at radius 1 is 1.04 bits per heavy atom. The molecule has 0 saturated carbocycles. The number of anilines is 1. The van der Waals surface area contributed by atoms with E-state index in [2.05, 4.69) is 34.0 Å². The second-order valence-electron chi connectivity index (χ2n) is 5.35. The van der Waals surface area contributed by atoms with Gasteiger partial charge in [0.05, 0.1) is 0 Å². The number of hydrogen-bond donors (Lipinski definition) is 1. The van der Waals surface area contributed by atoms with Crippen molar-refractivity contribution in [3.8, 4) is 0 Å². The van der Waals surface area contributed by atoms with E-state index in [-0.39, 0.29) is 5.95 Å². The van der Waals surface area contributed by atoms with Gasteiger partial charge in [0.25, 0.3) is 0 Å². The zero-order valence-corrected chi connectivity index (χ0v) is 13.8. The van der Waals surface area contributed by atoms with Crippen molar-refractivity contribution in [1.82, 2.24) is 14.9 Å². The van der Waals surface area contributed by atoms with E-state index >= 15 is 0 Å².